The minimum atomic E-state index is 0.640. The van der Waals surface area contributed by atoms with Gasteiger partial charge in [-0.15, -0.1) is 11.3 Å². The smallest absolute Gasteiger partial charge is 0.0798 e. The SMILES string of the molecule is C[C@@H]1CC(c2cscn2)=CCN1C. The van der Waals surface area contributed by atoms with Crippen LogP contribution in [-0.4, -0.2) is 29.5 Å². The van der Waals surface area contributed by atoms with Gasteiger partial charge in [-0.2, -0.15) is 0 Å². The summed E-state index contributed by atoms with van der Waals surface area (Å²) in [5.74, 6) is 0. The van der Waals surface area contributed by atoms with E-state index in [-0.39, 0.29) is 0 Å². The van der Waals surface area contributed by atoms with Crippen LogP contribution in [0.15, 0.2) is 17.0 Å². The molecule has 0 spiro atoms. The highest BCUT2D eigenvalue weighted by Crippen LogP contribution is 2.24. The molecule has 1 aliphatic heterocycles. The van der Waals surface area contributed by atoms with Gasteiger partial charge in [0.2, 0.25) is 0 Å². The van der Waals surface area contributed by atoms with Gasteiger partial charge in [-0.3, -0.25) is 4.90 Å². The molecule has 0 aliphatic carbocycles. The van der Waals surface area contributed by atoms with E-state index in [1.807, 2.05) is 5.51 Å². The summed E-state index contributed by atoms with van der Waals surface area (Å²) in [6.45, 7) is 3.31. The third-order valence-electron chi connectivity index (χ3n) is 2.65. The number of rotatable bonds is 1. The fourth-order valence-corrected chi connectivity index (χ4v) is 2.15. The fraction of sp³-hybridized carbons (Fsp3) is 0.500. The molecule has 0 saturated heterocycles. The first kappa shape index (κ1) is 8.91. The van der Waals surface area contributed by atoms with Crippen LogP contribution in [0, 0.1) is 0 Å². The summed E-state index contributed by atoms with van der Waals surface area (Å²) in [5.41, 5.74) is 4.48. The van der Waals surface area contributed by atoms with Crippen molar-refractivity contribution >= 4 is 16.9 Å². The molecule has 1 aromatic heterocycles. The highest BCUT2D eigenvalue weighted by atomic mass is 32.1. The van der Waals surface area contributed by atoms with Crippen LogP contribution in [0.2, 0.25) is 0 Å². The van der Waals surface area contributed by atoms with Crippen molar-refractivity contribution in [3.8, 4) is 0 Å². The molecular weight excluding hydrogens is 180 g/mol. The van der Waals surface area contributed by atoms with Crippen molar-refractivity contribution in [2.75, 3.05) is 13.6 Å². The maximum Gasteiger partial charge on any atom is 0.0798 e. The van der Waals surface area contributed by atoms with Gasteiger partial charge in [0, 0.05) is 18.0 Å². The topological polar surface area (TPSA) is 16.1 Å². The molecule has 2 rings (SSSR count). The predicted molar refractivity (Wildman–Crippen MR) is 56.8 cm³/mol. The van der Waals surface area contributed by atoms with Crippen LogP contribution in [0.5, 0.6) is 0 Å². The molecule has 0 N–H and O–H groups in total. The lowest BCUT2D eigenvalue weighted by atomic mass is 10.00. The Hall–Kier alpha value is -0.670. The molecule has 2 heterocycles. The van der Waals surface area contributed by atoms with Crippen molar-refractivity contribution in [2.24, 2.45) is 0 Å². The van der Waals surface area contributed by atoms with Crippen LogP contribution in [0.4, 0.5) is 0 Å². The lowest BCUT2D eigenvalue weighted by Crippen LogP contribution is -2.32. The Morgan fingerprint density at radius 3 is 3.08 bits per heavy atom. The van der Waals surface area contributed by atoms with Gasteiger partial charge in [-0.25, -0.2) is 4.98 Å². The monoisotopic (exact) mass is 194 g/mol. The molecule has 0 amide bonds. The summed E-state index contributed by atoms with van der Waals surface area (Å²) in [6.07, 6.45) is 3.41. The second kappa shape index (κ2) is 3.60. The van der Waals surface area contributed by atoms with Gasteiger partial charge in [-0.05, 0) is 26.0 Å². The Morgan fingerprint density at radius 1 is 1.62 bits per heavy atom. The lowest BCUT2D eigenvalue weighted by Gasteiger charge is -2.28. The Kier molecular flexibility index (Phi) is 2.47. The minimum Gasteiger partial charge on any atom is -0.300 e. The summed E-state index contributed by atoms with van der Waals surface area (Å²) in [6, 6.07) is 0.640. The Bertz CT molecular complexity index is 303. The van der Waals surface area contributed by atoms with E-state index in [0.717, 1.165) is 13.0 Å². The first-order valence-electron chi connectivity index (χ1n) is 4.55. The molecule has 3 heteroatoms. The van der Waals surface area contributed by atoms with Crippen LogP contribution < -0.4 is 0 Å². The second-order valence-corrected chi connectivity index (χ2v) is 4.31. The molecule has 0 radical (unpaired) electrons. The summed E-state index contributed by atoms with van der Waals surface area (Å²) < 4.78 is 0. The van der Waals surface area contributed by atoms with Crippen molar-refractivity contribution in [2.45, 2.75) is 19.4 Å². The van der Waals surface area contributed by atoms with E-state index >= 15 is 0 Å². The van der Waals surface area contributed by atoms with Gasteiger partial charge >= 0.3 is 0 Å². The largest absolute Gasteiger partial charge is 0.300 e. The average molecular weight is 194 g/mol. The normalized spacial score (nSPS) is 24.5. The van der Waals surface area contributed by atoms with Gasteiger partial charge in [0.25, 0.3) is 0 Å². The van der Waals surface area contributed by atoms with E-state index in [9.17, 15) is 0 Å². The Labute approximate surface area is 82.9 Å². The van der Waals surface area contributed by atoms with E-state index in [0.29, 0.717) is 6.04 Å². The summed E-state index contributed by atoms with van der Waals surface area (Å²) in [5, 5.41) is 2.13. The van der Waals surface area contributed by atoms with E-state index in [1.165, 1.54) is 11.3 Å². The third kappa shape index (κ3) is 1.81. The average Bonchev–Trinajstić information content (AvgIpc) is 2.62. The molecule has 13 heavy (non-hydrogen) atoms. The van der Waals surface area contributed by atoms with Crippen molar-refractivity contribution in [3.05, 3.63) is 22.7 Å². The molecule has 0 aromatic carbocycles. The number of hydrogen-bond donors (Lipinski definition) is 0. The number of hydrogen-bond acceptors (Lipinski definition) is 3. The molecule has 0 fully saturated rings. The number of thiazole rings is 1. The first-order chi connectivity index (χ1) is 6.27. The third-order valence-corrected chi connectivity index (χ3v) is 3.24. The number of nitrogens with zero attached hydrogens (tertiary/aromatic N) is 2. The van der Waals surface area contributed by atoms with Crippen LogP contribution in [0.25, 0.3) is 5.57 Å². The van der Waals surface area contributed by atoms with Gasteiger partial charge in [0.1, 0.15) is 0 Å². The van der Waals surface area contributed by atoms with E-state index in [2.05, 4.69) is 35.3 Å². The molecule has 0 bridgehead atoms. The quantitative estimate of drug-likeness (QED) is 0.681. The van der Waals surface area contributed by atoms with Crippen LogP contribution in [-0.2, 0) is 0 Å². The molecule has 1 atom stereocenters. The molecule has 70 valence electrons. The molecule has 1 aliphatic rings. The number of aromatic nitrogens is 1. The van der Waals surface area contributed by atoms with Crippen LogP contribution >= 0.6 is 11.3 Å². The molecule has 2 nitrogen and oxygen atoms in total. The van der Waals surface area contributed by atoms with Gasteiger partial charge in [0.15, 0.2) is 0 Å². The van der Waals surface area contributed by atoms with Gasteiger partial charge < -0.3 is 0 Å². The Morgan fingerprint density at radius 2 is 2.46 bits per heavy atom. The van der Waals surface area contributed by atoms with Crippen molar-refractivity contribution in [1.29, 1.82) is 0 Å². The van der Waals surface area contributed by atoms with Crippen molar-refractivity contribution in [3.63, 3.8) is 0 Å². The zero-order valence-corrected chi connectivity index (χ0v) is 8.84. The predicted octanol–water partition coefficient (Wildman–Crippen LogP) is 2.25. The molecule has 0 unspecified atom stereocenters. The highest BCUT2D eigenvalue weighted by Gasteiger charge is 2.17. The standard InChI is InChI=1S/C10H14N2S/c1-8-5-9(3-4-12(8)2)10-6-13-7-11-10/h3,6-8H,4-5H2,1-2H3/t8-/m1/s1. The summed E-state index contributed by atoms with van der Waals surface area (Å²) >= 11 is 1.67. The van der Waals surface area contributed by atoms with E-state index in [4.69, 9.17) is 0 Å². The summed E-state index contributed by atoms with van der Waals surface area (Å²) in [4.78, 5) is 6.69. The second-order valence-electron chi connectivity index (χ2n) is 3.60. The molecule has 1 aromatic rings. The summed E-state index contributed by atoms with van der Waals surface area (Å²) in [7, 11) is 2.17. The van der Waals surface area contributed by atoms with E-state index in [1.54, 1.807) is 11.3 Å². The first-order valence-corrected chi connectivity index (χ1v) is 5.49. The van der Waals surface area contributed by atoms with Crippen molar-refractivity contribution in [1.82, 2.24) is 9.88 Å². The highest BCUT2D eigenvalue weighted by molar-refractivity contribution is 7.07. The van der Waals surface area contributed by atoms with Crippen LogP contribution in [0.1, 0.15) is 19.0 Å². The molecular formula is C10H14N2S. The minimum absolute atomic E-state index is 0.640. The van der Waals surface area contributed by atoms with Gasteiger partial charge in [0.05, 0.1) is 11.2 Å². The maximum absolute atomic E-state index is 4.33. The zero-order chi connectivity index (χ0) is 9.26. The number of likely N-dealkylation sites (N-methyl/N-ethyl adjacent to an activating group) is 1. The zero-order valence-electron chi connectivity index (χ0n) is 8.03. The lowest BCUT2D eigenvalue weighted by molar-refractivity contribution is 0.279. The fourth-order valence-electron chi connectivity index (χ4n) is 1.57. The van der Waals surface area contributed by atoms with E-state index < -0.39 is 0 Å². The van der Waals surface area contributed by atoms with Crippen LogP contribution in [0.3, 0.4) is 0 Å². The molecule has 0 saturated carbocycles. The van der Waals surface area contributed by atoms with Crippen molar-refractivity contribution < 1.29 is 0 Å². The van der Waals surface area contributed by atoms with Gasteiger partial charge in [-0.1, -0.05) is 6.08 Å². The maximum atomic E-state index is 4.33. The Balaban J connectivity index is 2.18.